The predicted molar refractivity (Wildman–Crippen MR) is 92.9 cm³/mol. The smallest absolute Gasteiger partial charge is 0.0954 e. The topological polar surface area (TPSA) is 63.8 Å². The van der Waals surface area contributed by atoms with Crippen LogP contribution in [0.2, 0.25) is 0 Å². The normalized spacial score (nSPS) is 11.0. The van der Waals surface area contributed by atoms with Crippen LogP contribution >= 0.6 is 27.3 Å². The second kappa shape index (κ2) is 5.99. The van der Waals surface area contributed by atoms with Crippen LogP contribution in [0, 0.1) is 6.92 Å². The summed E-state index contributed by atoms with van der Waals surface area (Å²) in [4.78, 5) is 8.93. The van der Waals surface area contributed by atoms with Gasteiger partial charge in [0.05, 0.1) is 21.9 Å². The fraction of sp³-hybridized carbons (Fsp3) is 0.200. The van der Waals surface area contributed by atoms with Crippen LogP contribution in [-0.4, -0.2) is 16.5 Å². The van der Waals surface area contributed by atoms with E-state index in [1.54, 1.807) is 17.5 Å². The summed E-state index contributed by atoms with van der Waals surface area (Å²) in [6.07, 6.45) is 2.68. The van der Waals surface area contributed by atoms with Crippen LogP contribution in [0.5, 0.6) is 0 Å². The largest absolute Gasteiger partial charge is 0.398 e. The molecule has 0 saturated carbocycles. The van der Waals surface area contributed by atoms with Crippen LogP contribution in [0.4, 0.5) is 11.4 Å². The van der Waals surface area contributed by atoms with Crippen LogP contribution in [0.15, 0.2) is 34.2 Å². The minimum Gasteiger partial charge on any atom is -0.398 e. The Bertz CT molecular complexity index is 784. The van der Waals surface area contributed by atoms with Gasteiger partial charge in [0.25, 0.3) is 0 Å². The lowest BCUT2D eigenvalue weighted by atomic mass is 10.1. The van der Waals surface area contributed by atoms with E-state index in [2.05, 4.69) is 36.6 Å². The molecule has 3 N–H and O–H groups in total. The van der Waals surface area contributed by atoms with E-state index in [-0.39, 0.29) is 0 Å². The number of nitrogens with two attached hydrogens (primary N) is 1. The third-order valence-electron chi connectivity index (χ3n) is 3.21. The molecule has 0 bridgehead atoms. The number of hydrogen-bond donors (Lipinski definition) is 2. The van der Waals surface area contributed by atoms with Gasteiger partial charge in [0.1, 0.15) is 0 Å². The number of nitrogen functional groups attached to an aromatic ring is 1. The average Bonchev–Trinajstić information content (AvgIpc) is 2.87. The SMILES string of the molecule is Cc1nc(CCNc2ccc(N)c3cc(Br)cnc23)cs1. The van der Waals surface area contributed by atoms with Crippen LogP contribution in [-0.2, 0) is 6.42 Å². The van der Waals surface area contributed by atoms with Gasteiger partial charge in [0.15, 0.2) is 0 Å². The molecule has 0 atom stereocenters. The van der Waals surface area contributed by atoms with Gasteiger partial charge >= 0.3 is 0 Å². The lowest BCUT2D eigenvalue weighted by molar-refractivity contribution is 0.969. The molecular formula is C15H15BrN4S. The van der Waals surface area contributed by atoms with E-state index >= 15 is 0 Å². The Morgan fingerprint density at radius 2 is 2.24 bits per heavy atom. The molecule has 0 amide bonds. The van der Waals surface area contributed by atoms with Gasteiger partial charge in [0.2, 0.25) is 0 Å². The Balaban J connectivity index is 1.79. The molecule has 0 spiro atoms. The summed E-state index contributed by atoms with van der Waals surface area (Å²) in [5.41, 5.74) is 9.78. The quantitative estimate of drug-likeness (QED) is 0.688. The number of aromatic nitrogens is 2. The van der Waals surface area contributed by atoms with Gasteiger partial charge in [0, 0.05) is 40.1 Å². The molecular weight excluding hydrogens is 348 g/mol. The molecule has 3 rings (SSSR count). The number of nitrogens with one attached hydrogen (secondary N) is 1. The summed E-state index contributed by atoms with van der Waals surface area (Å²) < 4.78 is 0.928. The fourth-order valence-electron chi connectivity index (χ4n) is 2.21. The number of fused-ring (bicyclic) bond motifs is 1. The van der Waals surface area contributed by atoms with Gasteiger partial charge in [-0.25, -0.2) is 4.98 Å². The molecule has 3 aromatic rings. The third-order valence-corrected chi connectivity index (χ3v) is 4.47. The Kier molecular flexibility index (Phi) is 4.07. The number of nitrogens with zero attached hydrogens (tertiary/aromatic N) is 2. The molecule has 0 aliphatic heterocycles. The lowest BCUT2D eigenvalue weighted by Crippen LogP contribution is -2.06. The number of thiazole rings is 1. The maximum atomic E-state index is 6.02. The molecule has 0 radical (unpaired) electrons. The number of pyridine rings is 1. The molecule has 21 heavy (non-hydrogen) atoms. The average molecular weight is 363 g/mol. The van der Waals surface area contributed by atoms with Crippen LogP contribution < -0.4 is 11.1 Å². The highest BCUT2D eigenvalue weighted by Crippen LogP contribution is 2.28. The highest BCUT2D eigenvalue weighted by molar-refractivity contribution is 9.10. The van der Waals surface area contributed by atoms with Gasteiger partial charge in [-0.15, -0.1) is 11.3 Å². The van der Waals surface area contributed by atoms with E-state index in [9.17, 15) is 0 Å². The Labute approximate surface area is 135 Å². The number of aryl methyl sites for hydroxylation is 1. The summed E-state index contributed by atoms with van der Waals surface area (Å²) in [7, 11) is 0. The van der Waals surface area contributed by atoms with Crippen molar-refractivity contribution in [3.63, 3.8) is 0 Å². The Hall–Kier alpha value is -1.66. The second-order valence-electron chi connectivity index (χ2n) is 4.79. The molecule has 4 nitrogen and oxygen atoms in total. The van der Waals surface area contributed by atoms with Gasteiger partial charge in [-0.1, -0.05) is 0 Å². The summed E-state index contributed by atoms with van der Waals surface area (Å²) in [6.45, 7) is 2.84. The standard InChI is InChI=1S/C15H15BrN4S/c1-9-20-11(8-21-9)4-5-18-14-3-2-13(17)12-6-10(16)7-19-15(12)14/h2-3,6-8,18H,4-5,17H2,1H3. The van der Waals surface area contributed by atoms with Crippen molar-refractivity contribution in [2.24, 2.45) is 0 Å². The molecule has 0 aliphatic rings. The van der Waals surface area contributed by atoms with E-state index in [0.29, 0.717) is 0 Å². The summed E-state index contributed by atoms with van der Waals surface area (Å²) in [5, 5.41) is 7.59. The lowest BCUT2D eigenvalue weighted by Gasteiger charge is -2.10. The van der Waals surface area contributed by atoms with Crippen LogP contribution in [0.1, 0.15) is 10.7 Å². The van der Waals surface area contributed by atoms with Gasteiger partial charge in [-0.2, -0.15) is 0 Å². The molecule has 0 unspecified atom stereocenters. The van der Waals surface area contributed by atoms with E-state index in [1.165, 1.54) is 0 Å². The van der Waals surface area contributed by atoms with E-state index in [4.69, 9.17) is 5.73 Å². The third kappa shape index (κ3) is 3.16. The van der Waals surface area contributed by atoms with E-state index in [0.717, 1.165) is 50.4 Å². The van der Waals surface area contributed by atoms with E-state index < -0.39 is 0 Å². The molecule has 2 aromatic heterocycles. The predicted octanol–water partition coefficient (Wildman–Crippen LogP) is 4.00. The first-order valence-electron chi connectivity index (χ1n) is 6.62. The molecule has 1 aromatic carbocycles. The molecule has 6 heteroatoms. The molecule has 2 heterocycles. The molecule has 0 aliphatic carbocycles. The Morgan fingerprint density at radius 3 is 3.00 bits per heavy atom. The first kappa shape index (κ1) is 14.3. The number of anilines is 2. The monoisotopic (exact) mass is 362 g/mol. The van der Waals surface area contributed by atoms with Gasteiger partial charge < -0.3 is 11.1 Å². The van der Waals surface area contributed by atoms with Crippen molar-refractivity contribution < 1.29 is 0 Å². The summed E-state index contributed by atoms with van der Waals surface area (Å²) in [6, 6.07) is 5.88. The number of rotatable bonds is 4. The molecule has 0 saturated heterocycles. The van der Waals surface area contributed by atoms with Crippen molar-refractivity contribution in [1.29, 1.82) is 0 Å². The first-order chi connectivity index (χ1) is 10.1. The minimum absolute atomic E-state index is 0.736. The van der Waals surface area contributed by atoms with Crippen LogP contribution in [0.25, 0.3) is 10.9 Å². The van der Waals surface area contributed by atoms with Crippen LogP contribution in [0.3, 0.4) is 0 Å². The number of hydrogen-bond acceptors (Lipinski definition) is 5. The minimum atomic E-state index is 0.736. The number of halogens is 1. The zero-order chi connectivity index (χ0) is 14.8. The Morgan fingerprint density at radius 1 is 1.38 bits per heavy atom. The second-order valence-corrected chi connectivity index (χ2v) is 6.76. The first-order valence-corrected chi connectivity index (χ1v) is 8.29. The zero-order valence-electron chi connectivity index (χ0n) is 11.6. The van der Waals surface area contributed by atoms with Crippen molar-refractivity contribution >= 4 is 49.5 Å². The fourth-order valence-corrected chi connectivity index (χ4v) is 3.19. The highest BCUT2D eigenvalue weighted by Gasteiger charge is 2.06. The van der Waals surface area contributed by atoms with Crippen molar-refractivity contribution in [2.75, 3.05) is 17.6 Å². The maximum Gasteiger partial charge on any atom is 0.0954 e. The maximum absolute atomic E-state index is 6.02. The van der Waals surface area contributed by atoms with Crippen molar-refractivity contribution in [3.05, 3.63) is 45.0 Å². The molecule has 0 fully saturated rings. The van der Waals surface area contributed by atoms with Crippen molar-refractivity contribution in [3.8, 4) is 0 Å². The zero-order valence-corrected chi connectivity index (χ0v) is 14.0. The summed E-state index contributed by atoms with van der Waals surface area (Å²) in [5.74, 6) is 0. The number of benzene rings is 1. The van der Waals surface area contributed by atoms with Crippen molar-refractivity contribution in [2.45, 2.75) is 13.3 Å². The summed E-state index contributed by atoms with van der Waals surface area (Å²) >= 11 is 5.11. The van der Waals surface area contributed by atoms with E-state index in [1.807, 2.05) is 25.1 Å². The van der Waals surface area contributed by atoms with Gasteiger partial charge in [-0.3, -0.25) is 4.98 Å². The van der Waals surface area contributed by atoms with Crippen molar-refractivity contribution in [1.82, 2.24) is 9.97 Å². The molecule has 108 valence electrons. The van der Waals surface area contributed by atoms with Gasteiger partial charge in [-0.05, 0) is 41.1 Å². The highest BCUT2D eigenvalue weighted by atomic mass is 79.9.